The summed E-state index contributed by atoms with van der Waals surface area (Å²) in [7, 11) is 0. The van der Waals surface area contributed by atoms with E-state index in [1.165, 1.54) is 0 Å². The molecule has 0 aliphatic carbocycles. The number of hydrogen-bond acceptors (Lipinski definition) is 4. The maximum atomic E-state index is 12.3. The van der Waals surface area contributed by atoms with Crippen LogP contribution in [0.25, 0.3) is 0 Å². The van der Waals surface area contributed by atoms with E-state index in [0.29, 0.717) is 32.2 Å². The van der Waals surface area contributed by atoms with Gasteiger partial charge in [0.1, 0.15) is 5.75 Å². The van der Waals surface area contributed by atoms with E-state index in [4.69, 9.17) is 25.8 Å². The highest BCUT2D eigenvalue weighted by atomic mass is 35.5. The molecule has 0 N–H and O–H groups in total. The van der Waals surface area contributed by atoms with Crippen LogP contribution < -0.4 is 4.74 Å². The minimum Gasteiger partial charge on any atom is -0.494 e. The third-order valence-electron chi connectivity index (χ3n) is 4.86. The Balaban J connectivity index is 1.33. The van der Waals surface area contributed by atoms with E-state index in [9.17, 15) is 4.79 Å². The first-order valence-electron chi connectivity index (χ1n) is 9.03. The van der Waals surface area contributed by atoms with Crippen molar-refractivity contribution in [2.75, 3.05) is 32.9 Å². The molecule has 138 valence electrons. The predicted octanol–water partition coefficient (Wildman–Crippen LogP) is 3.42. The van der Waals surface area contributed by atoms with Crippen LogP contribution in [0.2, 0.25) is 5.02 Å². The molecule has 0 atom stereocenters. The molecular formula is C19H26ClNO4. The van der Waals surface area contributed by atoms with E-state index in [1.807, 2.05) is 30.0 Å². The lowest BCUT2D eigenvalue weighted by molar-refractivity contribution is -0.137. The van der Waals surface area contributed by atoms with Crippen molar-refractivity contribution >= 4 is 17.5 Å². The lowest BCUT2D eigenvalue weighted by Gasteiger charge is -2.33. The molecule has 2 aliphatic rings. The molecule has 25 heavy (non-hydrogen) atoms. The zero-order valence-electron chi connectivity index (χ0n) is 14.7. The van der Waals surface area contributed by atoms with Crippen LogP contribution in [-0.4, -0.2) is 50.0 Å². The van der Waals surface area contributed by atoms with Crippen molar-refractivity contribution in [3.63, 3.8) is 0 Å². The van der Waals surface area contributed by atoms with E-state index < -0.39 is 0 Å². The van der Waals surface area contributed by atoms with Gasteiger partial charge in [0.2, 0.25) is 5.91 Å². The summed E-state index contributed by atoms with van der Waals surface area (Å²) in [4.78, 5) is 14.3. The molecule has 1 amide bonds. The lowest BCUT2D eigenvalue weighted by atomic mass is 9.96. The van der Waals surface area contributed by atoms with Gasteiger partial charge in [0.05, 0.1) is 19.8 Å². The number of carbonyl (C=O) groups is 1. The molecule has 0 saturated carbocycles. The number of nitrogens with zero attached hydrogens (tertiary/aromatic N) is 1. The summed E-state index contributed by atoms with van der Waals surface area (Å²) in [6, 6.07) is 5.61. The van der Waals surface area contributed by atoms with Crippen LogP contribution in [0, 0.1) is 12.8 Å². The molecule has 1 aromatic rings. The lowest BCUT2D eigenvalue weighted by Crippen LogP contribution is -2.41. The Hall–Kier alpha value is -1.30. The zero-order chi connectivity index (χ0) is 17.6. The first kappa shape index (κ1) is 18.5. The maximum absolute atomic E-state index is 12.3. The molecule has 1 aromatic carbocycles. The largest absolute Gasteiger partial charge is 0.494 e. The van der Waals surface area contributed by atoms with E-state index >= 15 is 0 Å². The summed E-state index contributed by atoms with van der Waals surface area (Å²) < 4.78 is 16.9. The molecule has 0 unspecified atom stereocenters. The second-order valence-electron chi connectivity index (χ2n) is 6.69. The van der Waals surface area contributed by atoms with Crippen molar-refractivity contribution < 1.29 is 19.0 Å². The van der Waals surface area contributed by atoms with Gasteiger partial charge in [-0.2, -0.15) is 0 Å². The molecule has 0 spiro atoms. The summed E-state index contributed by atoms with van der Waals surface area (Å²) >= 11 is 6.00. The Morgan fingerprint density at radius 2 is 2.00 bits per heavy atom. The number of hydrogen-bond donors (Lipinski definition) is 0. The highest BCUT2D eigenvalue weighted by molar-refractivity contribution is 6.31. The van der Waals surface area contributed by atoms with Gasteiger partial charge in [-0.15, -0.1) is 0 Å². The Kier molecular flexibility index (Phi) is 6.57. The van der Waals surface area contributed by atoms with Crippen LogP contribution in [0.4, 0.5) is 0 Å². The van der Waals surface area contributed by atoms with Crippen molar-refractivity contribution in [1.29, 1.82) is 0 Å². The first-order chi connectivity index (χ1) is 12.1. The van der Waals surface area contributed by atoms with Crippen LogP contribution in [0.15, 0.2) is 18.2 Å². The van der Waals surface area contributed by atoms with Crippen LogP contribution >= 0.6 is 11.6 Å². The quantitative estimate of drug-likeness (QED) is 0.723. The number of piperidine rings is 1. The van der Waals surface area contributed by atoms with Crippen LogP contribution in [0.5, 0.6) is 5.75 Å². The third-order valence-corrected chi connectivity index (χ3v) is 5.28. The molecule has 2 aliphatic heterocycles. The summed E-state index contributed by atoms with van der Waals surface area (Å²) in [6.45, 7) is 5.46. The van der Waals surface area contributed by atoms with Gasteiger partial charge in [-0.1, -0.05) is 11.6 Å². The van der Waals surface area contributed by atoms with Crippen LogP contribution in [0.1, 0.15) is 31.2 Å². The van der Waals surface area contributed by atoms with E-state index in [-0.39, 0.29) is 12.2 Å². The number of rotatable bonds is 6. The molecule has 2 fully saturated rings. The monoisotopic (exact) mass is 367 g/mol. The zero-order valence-corrected chi connectivity index (χ0v) is 15.5. The minimum absolute atomic E-state index is 0.0616. The van der Waals surface area contributed by atoms with Gasteiger partial charge >= 0.3 is 0 Å². The highest BCUT2D eigenvalue weighted by Crippen LogP contribution is 2.26. The van der Waals surface area contributed by atoms with Crippen molar-refractivity contribution in [3.8, 4) is 5.75 Å². The molecular weight excluding hydrogens is 342 g/mol. The Bertz CT molecular complexity index is 581. The molecule has 0 aromatic heterocycles. The molecule has 6 heteroatoms. The number of amides is 1. The van der Waals surface area contributed by atoms with Crippen molar-refractivity contribution in [2.45, 2.75) is 38.9 Å². The van der Waals surface area contributed by atoms with Gasteiger partial charge in [0.25, 0.3) is 0 Å². The first-order valence-corrected chi connectivity index (χ1v) is 9.41. The summed E-state index contributed by atoms with van der Waals surface area (Å²) in [5.74, 6) is 1.43. The Morgan fingerprint density at radius 1 is 1.28 bits per heavy atom. The molecule has 0 bridgehead atoms. The second-order valence-corrected chi connectivity index (χ2v) is 7.10. The number of likely N-dealkylation sites (tertiary alicyclic amines) is 1. The number of halogens is 1. The van der Waals surface area contributed by atoms with Crippen LogP contribution in [0.3, 0.4) is 0 Å². The standard InChI is InChI=1S/C19H26ClNO4/c1-14-13-16(4-5-17(14)20)23-10-2-3-18(22)21-8-6-15(7-9-21)19-24-11-12-25-19/h4-5,13,15,19H,2-3,6-12H2,1H3. The Labute approximate surface area is 154 Å². The fraction of sp³-hybridized carbons (Fsp3) is 0.632. The SMILES string of the molecule is Cc1cc(OCCCC(=O)N2CCC(C3OCCO3)CC2)ccc1Cl. The van der Waals surface area contributed by atoms with Gasteiger partial charge in [0.15, 0.2) is 6.29 Å². The van der Waals surface area contributed by atoms with E-state index in [0.717, 1.165) is 48.7 Å². The fourth-order valence-corrected chi connectivity index (χ4v) is 3.47. The average Bonchev–Trinajstić information content (AvgIpc) is 3.16. The van der Waals surface area contributed by atoms with Gasteiger partial charge in [-0.05, 0) is 49.9 Å². The normalized spacial score (nSPS) is 19.4. The van der Waals surface area contributed by atoms with Gasteiger partial charge < -0.3 is 19.1 Å². The smallest absolute Gasteiger partial charge is 0.222 e. The van der Waals surface area contributed by atoms with Gasteiger partial charge in [-0.3, -0.25) is 4.79 Å². The molecule has 5 nitrogen and oxygen atoms in total. The molecule has 2 heterocycles. The number of ether oxygens (including phenoxy) is 3. The van der Waals surface area contributed by atoms with E-state index in [2.05, 4.69) is 0 Å². The summed E-state index contributed by atoms with van der Waals surface area (Å²) in [6.07, 6.45) is 3.09. The second kappa shape index (κ2) is 8.88. The maximum Gasteiger partial charge on any atom is 0.222 e. The highest BCUT2D eigenvalue weighted by Gasteiger charge is 2.31. The Morgan fingerprint density at radius 3 is 2.68 bits per heavy atom. The number of benzene rings is 1. The summed E-state index contributed by atoms with van der Waals surface area (Å²) in [5, 5.41) is 0.735. The fourth-order valence-electron chi connectivity index (χ4n) is 3.35. The molecule has 0 radical (unpaired) electrons. The van der Waals surface area contributed by atoms with Crippen molar-refractivity contribution in [3.05, 3.63) is 28.8 Å². The topological polar surface area (TPSA) is 48.0 Å². The van der Waals surface area contributed by atoms with Gasteiger partial charge in [0, 0.05) is 30.5 Å². The third kappa shape index (κ3) is 5.09. The van der Waals surface area contributed by atoms with E-state index in [1.54, 1.807) is 0 Å². The van der Waals surface area contributed by atoms with Crippen molar-refractivity contribution in [2.24, 2.45) is 5.92 Å². The van der Waals surface area contributed by atoms with Crippen LogP contribution in [-0.2, 0) is 14.3 Å². The predicted molar refractivity (Wildman–Crippen MR) is 95.9 cm³/mol. The average molecular weight is 368 g/mol. The van der Waals surface area contributed by atoms with Crippen molar-refractivity contribution in [1.82, 2.24) is 4.90 Å². The minimum atomic E-state index is -0.0616. The number of aryl methyl sites for hydroxylation is 1. The molecule has 3 rings (SSSR count). The summed E-state index contributed by atoms with van der Waals surface area (Å²) in [5.41, 5.74) is 0.994. The molecule has 2 saturated heterocycles. The number of carbonyl (C=O) groups excluding carboxylic acids is 1. The van der Waals surface area contributed by atoms with Gasteiger partial charge in [-0.25, -0.2) is 0 Å².